The zero-order valence-electron chi connectivity index (χ0n) is 6.58. The molecule has 0 radical (unpaired) electrons. The van der Waals surface area contributed by atoms with E-state index in [0.717, 1.165) is 6.42 Å². The molecule has 0 fully saturated rings. The number of halogens is 4. The summed E-state index contributed by atoms with van der Waals surface area (Å²) in [5.74, 6) is 0.356. The molecule has 11 heavy (non-hydrogen) atoms. The van der Waals surface area contributed by atoms with Crippen molar-refractivity contribution < 1.29 is 0 Å². The fraction of sp³-hybridized carbons (Fsp3) is 1.00. The van der Waals surface area contributed by atoms with E-state index in [9.17, 15) is 0 Å². The number of hydrogen-bond acceptors (Lipinski definition) is 0. The van der Waals surface area contributed by atoms with Crippen LogP contribution in [0.15, 0.2) is 0 Å². The normalized spacial score (nSPS) is 18.0. The van der Waals surface area contributed by atoms with Gasteiger partial charge in [0.05, 0.1) is 0 Å². The van der Waals surface area contributed by atoms with E-state index in [1.165, 1.54) is 0 Å². The highest BCUT2D eigenvalue weighted by Crippen LogP contribution is 2.34. The zero-order chi connectivity index (χ0) is 9.07. The molecule has 0 aromatic carbocycles. The molecule has 0 aromatic rings. The van der Waals surface area contributed by atoms with Crippen LogP contribution in [0, 0.1) is 5.92 Å². The molecule has 68 valence electrons. The lowest BCUT2D eigenvalue weighted by molar-refractivity contribution is 0.495. The van der Waals surface area contributed by atoms with Crippen molar-refractivity contribution in [1.29, 1.82) is 0 Å². The largest absolute Gasteiger partial charge is 0.190 e. The van der Waals surface area contributed by atoms with E-state index in [4.69, 9.17) is 46.4 Å². The summed E-state index contributed by atoms with van der Waals surface area (Å²) < 4.78 is -1.13. The maximum absolute atomic E-state index is 5.77. The standard InChI is InChI=1S/C7H12Cl4/c1-5(3-6(2)8)4-7(9,10)11/h5-6H,3-4H2,1-2H3. The molecule has 0 aromatic heterocycles. The highest BCUT2D eigenvalue weighted by atomic mass is 35.6. The third-order valence-electron chi connectivity index (χ3n) is 1.31. The fourth-order valence-corrected chi connectivity index (χ4v) is 2.13. The van der Waals surface area contributed by atoms with Crippen LogP contribution >= 0.6 is 46.4 Å². The maximum Gasteiger partial charge on any atom is 0.190 e. The van der Waals surface area contributed by atoms with Crippen LogP contribution in [-0.4, -0.2) is 9.17 Å². The summed E-state index contributed by atoms with van der Waals surface area (Å²) >= 11 is 22.6. The summed E-state index contributed by atoms with van der Waals surface area (Å²) in [6.45, 7) is 3.97. The van der Waals surface area contributed by atoms with Gasteiger partial charge in [0.15, 0.2) is 3.79 Å². The molecular formula is C7H12Cl4. The molecule has 0 nitrogen and oxygen atoms in total. The van der Waals surface area contributed by atoms with Crippen molar-refractivity contribution in [3.8, 4) is 0 Å². The molecule has 2 unspecified atom stereocenters. The summed E-state index contributed by atoms with van der Waals surface area (Å²) in [5, 5.41) is 0.150. The first-order valence-corrected chi connectivity index (χ1v) is 5.09. The van der Waals surface area contributed by atoms with Crippen LogP contribution in [0.5, 0.6) is 0 Å². The fourth-order valence-electron chi connectivity index (χ4n) is 1.03. The molecule has 0 aliphatic rings. The van der Waals surface area contributed by atoms with Gasteiger partial charge in [0.1, 0.15) is 0 Å². The van der Waals surface area contributed by atoms with Gasteiger partial charge in [-0.15, -0.1) is 11.6 Å². The smallest absolute Gasteiger partial charge is 0.123 e. The van der Waals surface area contributed by atoms with E-state index in [2.05, 4.69) is 0 Å². The predicted molar refractivity (Wildman–Crippen MR) is 54.0 cm³/mol. The van der Waals surface area contributed by atoms with Crippen LogP contribution in [0.3, 0.4) is 0 Å². The molecule has 0 rings (SSSR count). The second-order valence-electron chi connectivity index (χ2n) is 2.94. The van der Waals surface area contributed by atoms with Gasteiger partial charge in [-0.25, -0.2) is 0 Å². The minimum absolute atomic E-state index is 0.150. The quantitative estimate of drug-likeness (QED) is 0.639. The van der Waals surface area contributed by atoms with Crippen molar-refractivity contribution in [3.63, 3.8) is 0 Å². The molecule has 4 heteroatoms. The molecule has 0 aliphatic carbocycles. The molecule has 0 amide bonds. The van der Waals surface area contributed by atoms with Crippen molar-refractivity contribution in [1.82, 2.24) is 0 Å². The van der Waals surface area contributed by atoms with Crippen molar-refractivity contribution in [3.05, 3.63) is 0 Å². The molecule has 0 spiro atoms. The van der Waals surface area contributed by atoms with E-state index in [1.54, 1.807) is 0 Å². The molecular weight excluding hydrogens is 226 g/mol. The van der Waals surface area contributed by atoms with Gasteiger partial charge in [-0.05, 0) is 25.7 Å². The van der Waals surface area contributed by atoms with Gasteiger partial charge in [0, 0.05) is 5.38 Å². The average Bonchev–Trinajstić information content (AvgIpc) is 1.53. The van der Waals surface area contributed by atoms with Crippen molar-refractivity contribution in [2.45, 2.75) is 35.9 Å². The highest BCUT2D eigenvalue weighted by Gasteiger charge is 2.23. The molecule has 2 atom stereocenters. The Kier molecular flexibility index (Phi) is 5.54. The first kappa shape index (κ1) is 12.2. The van der Waals surface area contributed by atoms with E-state index in [0.29, 0.717) is 12.3 Å². The lowest BCUT2D eigenvalue weighted by Gasteiger charge is -2.17. The number of hydrogen-bond donors (Lipinski definition) is 0. The second kappa shape index (κ2) is 5.01. The highest BCUT2D eigenvalue weighted by molar-refractivity contribution is 6.67. The van der Waals surface area contributed by atoms with Crippen LogP contribution < -0.4 is 0 Å². The monoisotopic (exact) mass is 236 g/mol. The Morgan fingerprint density at radius 1 is 1.18 bits per heavy atom. The summed E-state index contributed by atoms with van der Waals surface area (Å²) in [6.07, 6.45) is 1.45. The molecule has 0 N–H and O–H groups in total. The van der Waals surface area contributed by atoms with Crippen molar-refractivity contribution in [2.24, 2.45) is 5.92 Å². The third kappa shape index (κ3) is 9.07. The van der Waals surface area contributed by atoms with E-state index >= 15 is 0 Å². The van der Waals surface area contributed by atoms with Gasteiger partial charge in [-0.2, -0.15) is 0 Å². The molecule has 0 saturated heterocycles. The van der Waals surface area contributed by atoms with Gasteiger partial charge in [0.2, 0.25) is 0 Å². The third-order valence-corrected chi connectivity index (χ3v) is 1.95. The van der Waals surface area contributed by atoms with Crippen LogP contribution in [0.1, 0.15) is 26.7 Å². The van der Waals surface area contributed by atoms with Gasteiger partial charge in [-0.3, -0.25) is 0 Å². The Bertz CT molecular complexity index is 105. The van der Waals surface area contributed by atoms with Gasteiger partial charge in [0.25, 0.3) is 0 Å². The van der Waals surface area contributed by atoms with Crippen LogP contribution in [0.4, 0.5) is 0 Å². The van der Waals surface area contributed by atoms with Gasteiger partial charge >= 0.3 is 0 Å². The summed E-state index contributed by atoms with van der Waals surface area (Å²) in [7, 11) is 0. The zero-order valence-corrected chi connectivity index (χ0v) is 9.60. The van der Waals surface area contributed by atoms with E-state index in [-0.39, 0.29) is 5.38 Å². The van der Waals surface area contributed by atoms with E-state index < -0.39 is 3.79 Å². The van der Waals surface area contributed by atoms with Crippen LogP contribution in [-0.2, 0) is 0 Å². The predicted octanol–water partition coefficient (Wildman–Crippen LogP) is 4.40. The van der Waals surface area contributed by atoms with Gasteiger partial charge < -0.3 is 0 Å². The minimum Gasteiger partial charge on any atom is -0.123 e. The Balaban J connectivity index is 3.61. The molecule has 0 heterocycles. The first-order valence-electron chi connectivity index (χ1n) is 3.52. The second-order valence-corrected chi connectivity index (χ2v) is 6.20. The lowest BCUT2D eigenvalue weighted by Crippen LogP contribution is -2.11. The van der Waals surface area contributed by atoms with Gasteiger partial charge in [-0.1, -0.05) is 41.7 Å². The Labute approximate surface area is 88.1 Å². The Hall–Kier alpha value is 1.16. The van der Waals surface area contributed by atoms with E-state index in [1.807, 2.05) is 13.8 Å². The number of alkyl halides is 4. The SMILES string of the molecule is CC(Cl)CC(C)CC(Cl)(Cl)Cl. The average molecular weight is 238 g/mol. The first-order chi connectivity index (χ1) is 4.81. The Morgan fingerprint density at radius 3 is 1.91 bits per heavy atom. The lowest BCUT2D eigenvalue weighted by atomic mass is 10.0. The molecule has 0 bridgehead atoms. The molecule has 0 saturated carbocycles. The maximum atomic E-state index is 5.77. The summed E-state index contributed by atoms with van der Waals surface area (Å²) in [6, 6.07) is 0. The summed E-state index contributed by atoms with van der Waals surface area (Å²) in [5.41, 5.74) is 0. The Morgan fingerprint density at radius 2 is 1.64 bits per heavy atom. The van der Waals surface area contributed by atoms with Crippen molar-refractivity contribution in [2.75, 3.05) is 0 Å². The van der Waals surface area contributed by atoms with Crippen molar-refractivity contribution >= 4 is 46.4 Å². The molecule has 0 aliphatic heterocycles. The van der Waals surface area contributed by atoms with Crippen LogP contribution in [0.25, 0.3) is 0 Å². The topological polar surface area (TPSA) is 0 Å². The summed E-state index contributed by atoms with van der Waals surface area (Å²) in [4.78, 5) is 0. The minimum atomic E-state index is -1.13. The number of rotatable bonds is 3. The van der Waals surface area contributed by atoms with Crippen LogP contribution in [0.2, 0.25) is 0 Å².